The largest absolute Gasteiger partial charge is 0.453 e. The molecule has 6 aromatic heterocycles. The fourth-order valence-electron chi connectivity index (χ4n) is 7.91. The van der Waals surface area contributed by atoms with Gasteiger partial charge in [-0.3, -0.25) is 24.7 Å². The van der Waals surface area contributed by atoms with Crippen molar-refractivity contribution in [2.24, 2.45) is 14.1 Å². The van der Waals surface area contributed by atoms with E-state index >= 15 is 4.39 Å². The summed E-state index contributed by atoms with van der Waals surface area (Å²) in [5.41, 5.74) is 11.3. The van der Waals surface area contributed by atoms with E-state index in [9.17, 15) is 14.0 Å². The lowest BCUT2D eigenvalue weighted by molar-refractivity contribution is 0.238. The number of amides is 4. The number of nitrogens with one attached hydrogen (secondary N) is 2. The van der Waals surface area contributed by atoms with Gasteiger partial charge in [-0.2, -0.15) is 0 Å². The lowest BCUT2D eigenvalue weighted by Crippen LogP contribution is -2.38. The number of nitrogens with zero attached hydrogens (tertiary/aromatic N) is 9. The van der Waals surface area contributed by atoms with Crippen LogP contribution >= 0.6 is 34.9 Å². The standard InChI is InChI=1S/C27H21FN6O2S2.C17H13FN4OS.C9H10N2O/c1-32-15-21(30-16-32)24-14-20-25(38-24)23(9-10-29-20)36-22-8-7-17(13-19(22)28)31-26(37)34-12-11-33(27(34)35)18-5-3-2-4-6-18;1-22-8-13(21-9-22)16-7-12-17(24-16)15(4-5-20-12)23-14-3-2-10(19)6-11(14)18;12-9-10-6-7-11(9)8-4-2-1-3-5-8/h2-10,13-16H,11-12H2,1H3,(H,31,37);2-9H,19H2,1H3;1-5H,6-7H2,(H,10,12). The Morgan fingerprint density at radius 2 is 1.19 bits per heavy atom. The molecule has 372 valence electrons. The van der Waals surface area contributed by atoms with Crippen LogP contribution < -0.4 is 35.6 Å². The summed E-state index contributed by atoms with van der Waals surface area (Å²) in [7, 11) is 3.83. The van der Waals surface area contributed by atoms with Gasteiger partial charge in [-0.05, 0) is 72.9 Å². The summed E-state index contributed by atoms with van der Waals surface area (Å²) in [4.78, 5) is 48.4. The third-order valence-electron chi connectivity index (χ3n) is 11.5. The van der Waals surface area contributed by atoms with Crippen LogP contribution in [0.5, 0.6) is 23.0 Å². The molecule has 2 aliphatic heterocycles. The summed E-state index contributed by atoms with van der Waals surface area (Å²) >= 11 is 8.45. The lowest BCUT2D eigenvalue weighted by atomic mass is 10.3. The number of pyridine rings is 2. The summed E-state index contributed by atoms with van der Waals surface area (Å²) in [6.45, 7) is 2.45. The zero-order valence-electron chi connectivity index (χ0n) is 39.6. The minimum absolute atomic E-state index is 0.00111. The summed E-state index contributed by atoms with van der Waals surface area (Å²) in [6, 6.07) is 35.0. The average molecular weight is 1050 g/mol. The first-order valence-electron chi connectivity index (χ1n) is 22.9. The van der Waals surface area contributed by atoms with Gasteiger partial charge in [-0.25, -0.2) is 28.3 Å². The number of fused-ring (bicyclic) bond motifs is 2. The van der Waals surface area contributed by atoms with Crippen molar-refractivity contribution in [2.75, 3.05) is 47.0 Å². The molecule has 0 spiro atoms. The Kier molecular flexibility index (Phi) is 14.2. The predicted octanol–water partition coefficient (Wildman–Crippen LogP) is 11.7. The number of aromatic nitrogens is 6. The van der Waals surface area contributed by atoms with Crippen LogP contribution in [0.4, 0.5) is 41.1 Å². The van der Waals surface area contributed by atoms with Gasteiger partial charge in [0.05, 0.1) is 54.2 Å². The number of nitrogen functional groups attached to an aromatic ring is 1. The number of hydrogen-bond donors (Lipinski definition) is 3. The van der Waals surface area contributed by atoms with E-state index < -0.39 is 11.6 Å². The number of urea groups is 2. The van der Waals surface area contributed by atoms with Crippen LogP contribution in [0, 0.1) is 11.6 Å². The molecule has 0 radical (unpaired) electrons. The molecule has 74 heavy (non-hydrogen) atoms. The molecule has 4 amide bonds. The molecule has 0 saturated carbocycles. The van der Waals surface area contributed by atoms with E-state index in [2.05, 4.69) is 30.6 Å². The van der Waals surface area contributed by atoms with E-state index in [4.69, 9.17) is 27.4 Å². The average Bonchev–Trinajstić information content (AvgIpc) is 4.28. The van der Waals surface area contributed by atoms with Gasteiger partial charge in [-0.1, -0.05) is 36.4 Å². The molecule has 2 aliphatic rings. The van der Waals surface area contributed by atoms with Crippen LogP contribution in [0.15, 0.2) is 159 Å². The lowest BCUT2D eigenvalue weighted by Gasteiger charge is -2.20. The molecule has 10 aromatic rings. The topological polar surface area (TPSA) is 174 Å². The fraction of sp³-hybridized carbons (Fsp3) is 0.113. The molecule has 21 heteroatoms. The number of halogens is 2. The highest BCUT2D eigenvalue weighted by Crippen LogP contribution is 2.41. The van der Waals surface area contributed by atoms with Crippen molar-refractivity contribution in [1.29, 1.82) is 0 Å². The van der Waals surface area contributed by atoms with E-state index in [1.807, 2.05) is 108 Å². The maximum absolute atomic E-state index is 15.1. The molecule has 2 fully saturated rings. The minimum Gasteiger partial charge on any atom is -0.453 e. The number of hydrogen-bond acceptors (Lipinski definition) is 12. The first-order valence-corrected chi connectivity index (χ1v) is 25.0. The number of benzene rings is 4. The Hall–Kier alpha value is -8.79. The maximum atomic E-state index is 15.1. The SMILES string of the molecule is Cn1cnc(-c2cc3nccc(Oc4ccc(N)cc4F)c3s2)c1.Cn1cnc(-c2cc3nccc(Oc4ccc(NC(=S)N5CCN(c6ccccc6)C5=O)cc4F)c3s2)c1.O=C1NCCN1c1ccccc1. The Labute approximate surface area is 435 Å². The molecule has 0 atom stereocenters. The molecule has 4 N–H and O–H groups in total. The van der Waals surface area contributed by atoms with E-state index in [1.165, 1.54) is 51.8 Å². The van der Waals surface area contributed by atoms with E-state index in [0.717, 1.165) is 66.0 Å². The van der Waals surface area contributed by atoms with Crippen molar-refractivity contribution in [3.05, 3.63) is 170 Å². The van der Waals surface area contributed by atoms with Crippen LogP contribution in [-0.4, -0.2) is 77.3 Å². The Balaban J connectivity index is 0.000000147. The number of nitrogens with two attached hydrogens (primary N) is 1. The Morgan fingerprint density at radius 1 is 0.649 bits per heavy atom. The van der Waals surface area contributed by atoms with Crippen molar-refractivity contribution in [3.63, 3.8) is 0 Å². The van der Waals surface area contributed by atoms with E-state index in [1.54, 1.807) is 59.1 Å². The van der Waals surface area contributed by atoms with Gasteiger partial charge in [0, 0.05) is 112 Å². The zero-order valence-corrected chi connectivity index (χ0v) is 42.0. The molecule has 0 bridgehead atoms. The van der Waals surface area contributed by atoms with Gasteiger partial charge in [0.1, 0.15) is 11.5 Å². The molecular weight excluding hydrogens is 1000 g/mol. The second-order valence-electron chi connectivity index (χ2n) is 16.7. The van der Waals surface area contributed by atoms with Gasteiger partial charge in [-0.15, -0.1) is 22.7 Å². The van der Waals surface area contributed by atoms with Crippen LogP contribution in [0.2, 0.25) is 0 Å². The summed E-state index contributed by atoms with van der Waals surface area (Å²) < 4.78 is 46.2. The predicted molar refractivity (Wildman–Crippen MR) is 290 cm³/mol. The molecule has 0 aliphatic carbocycles. The fourth-order valence-corrected chi connectivity index (χ4v) is 10.3. The van der Waals surface area contributed by atoms with Crippen molar-refractivity contribution in [1.82, 2.24) is 39.3 Å². The quantitative estimate of drug-likeness (QED) is 0.0927. The molecule has 16 nitrogen and oxygen atoms in total. The third kappa shape index (κ3) is 10.8. The smallest absolute Gasteiger partial charge is 0.330 e. The number of thiophene rings is 2. The number of thiocarbonyl (C=S) groups is 1. The van der Waals surface area contributed by atoms with Crippen molar-refractivity contribution in [2.45, 2.75) is 0 Å². The van der Waals surface area contributed by atoms with E-state index in [0.29, 0.717) is 36.0 Å². The third-order valence-corrected chi connectivity index (χ3v) is 14.1. The number of rotatable bonds is 9. The number of anilines is 4. The molecule has 4 aromatic carbocycles. The Bertz CT molecular complexity index is 3660. The first-order chi connectivity index (χ1) is 35.9. The highest BCUT2D eigenvalue weighted by molar-refractivity contribution is 7.80. The number of carbonyl (C=O) groups excluding carboxylic acids is 2. The number of ether oxygens (including phenoxy) is 2. The van der Waals surface area contributed by atoms with Crippen molar-refractivity contribution >= 4 is 95.2 Å². The molecule has 0 unspecified atom stereocenters. The van der Waals surface area contributed by atoms with Crippen LogP contribution in [0.25, 0.3) is 41.6 Å². The zero-order chi connectivity index (χ0) is 51.3. The van der Waals surface area contributed by atoms with Gasteiger partial charge in [0.15, 0.2) is 28.2 Å². The van der Waals surface area contributed by atoms with Crippen molar-refractivity contribution < 1.29 is 27.8 Å². The summed E-state index contributed by atoms with van der Waals surface area (Å²) in [6.07, 6.45) is 10.6. The second kappa shape index (κ2) is 21.5. The van der Waals surface area contributed by atoms with Crippen LogP contribution in [-0.2, 0) is 14.1 Å². The van der Waals surface area contributed by atoms with Crippen LogP contribution in [0.3, 0.4) is 0 Å². The minimum atomic E-state index is -0.567. The van der Waals surface area contributed by atoms with Gasteiger partial charge in [0.2, 0.25) is 0 Å². The Morgan fingerprint density at radius 3 is 1.69 bits per heavy atom. The highest BCUT2D eigenvalue weighted by Gasteiger charge is 2.32. The first kappa shape index (κ1) is 48.8. The number of carbonyl (C=O) groups is 2. The summed E-state index contributed by atoms with van der Waals surface area (Å²) in [5.74, 6) is 0.181. The van der Waals surface area contributed by atoms with Gasteiger partial charge in [0.25, 0.3) is 0 Å². The van der Waals surface area contributed by atoms with Crippen molar-refractivity contribution in [3.8, 4) is 44.1 Å². The molecule has 8 heterocycles. The second-order valence-corrected chi connectivity index (χ2v) is 19.2. The summed E-state index contributed by atoms with van der Waals surface area (Å²) in [5, 5.41) is 5.93. The molecular formula is C53H44F2N12O4S3. The highest BCUT2D eigenvalue weighted by atomic mass is 32.1. The molecule has 2 saturated heterocycles. The monoisotopic (exact) mass is 1050 g/mol. The number of imidazole rings is 2. The normalized spacial score (nSPS) is 13.1. The maximum Gasteiger partial charge on any atom is 0.330 e. The van der Waals surface area contributed by atoms with E-state index in [-0.39, 0.29) is 28.7 Å². The number of para-hydroxylation sites is 2. The van der Waals surface area contributed by atoms with Crippen LogP contribution in [0.1, 0.15) is 0 Å². The van der Waals surface area contributed by atoms with Gasteiger partial charge >= 0.3 is 12.1 Å². The molecule has 12 rings (SSSR count). The number of aryl methyl sites for hydroxylation is 2. The van der Waals surface area contributed by atoms with Gasteiger partial charge < -0.3 is 35.0 Å².